The lowest BCUT2D eigenvalue weighted by atomic mass is 10.1. The summed E-state index contributed by atoms with van der Waals surface area (Å²) in [5, 5.41) is 0. The fourth-order valence-corrected chi connectivity index (χ4v) is 1.96. The van der Waals surface area contributed by atoms with E-state index in [1.165, 1.54) is 12.0 Å². The molecule has 1 aromatic carbocycles. The molecule has 5 nitrogen and oxygen atoms in total. The molecule has 2 atom stereocenters. The highest BCUT2D eigenvalue weighted by Crippen LogP contribution is 2.14. The molecule has 0 bridgehead atoms. The Morgan fingerprint density at radius 2 is 1.76 bits per heavy atom. The third-order valence-electron chi connectivity index (χ3n) is 3.21. The number of ether oxygens (including phenoxy) is 2. The molecule has 0 heterocycles. The summed E-state index contributed by atoms with van der Waals surface area (Å²) in [6.07, 6.45) is -0.609. The number of nitrogens with zero attached hydrogens (tertiary/aromatic N) is 1. The molecule has 1 rings (SSSR count). The maximum Gasteiger partial charge on any atom is 0.310 e. The van der Waals surface area contributed by atoms with Crippen LogP contribution in [-0.2, 0) is 14.3 Å². The molecule has 0 saturated heterocycles. The van der Waals surface area contributed by atoms with E-state index < -0.39 is 6.10 Å². The lowest BCUT2D eigenvalue weighted by Gasteiger charge is -2.24. The minimum Gasteiger partial charge on any atom is -0.481 e. The van der Waals surface area contributed by atoms with E-state index in [-0.39, 0.29) is 17.8 Å². The van der Waals surface area contributed by atoms with Gasteiger partial charge in [-0.3, -0.25) is 9.59 Å². The first kappa shape index (κ1) is 17.0. The molecule has 0 aliphatic rings. The summed E-state index contributed by atoms with van der Waals surface area (Å²) in [6, 6.07) is 7.51. The smallest absolute Gasteiger partial charge is 0.310 e. The van der Waals surface area contributed by atoms with Crippen molar-refractivity contribution in [3.8, 4) is 5.75 Å². The van der Waals surface area contributed by atoms with Crippen molar-refractivity contribution >= 4 is 11.9 Å². The van der Waals surface area contributed by atoms with Crippen LogP contribution in [-0.4, -0.2) is 43.6 Å². The Morgan fingerprint density at radius 3 is 2.29 bits per heavy atom. The topological polar surface area (TPSA) is 55.8 Å². The van der Waals surface area contributed by atoms with Crippen molar-refractivity contribution in [2.24, 2.45) is 5.92 Å². The van der Waals surface area contributed by atoms with Gasteiger partial charge in [0.05, 0.1) is 13.0 Å². The van der Waals surface area contributed by atoms with Crippen molar-refractivity contribution in [2.45, 2.75) is 26.9 Å². The first-order valence-electron chi connectivity index (χ1n) is 6.91. The summed E-state index contributed by atoms with van der Waals surface area (Å²) in [6.45, 7) is 5.70. The zero-order valence-electron chi connectivity index (χ0n) is 13.3. The molecule has 2 unspecified atom stereocenters. The van der Waals surface area contributed by atoms with E-state index in [1.54, 1.807) is 20.9 Å². The van der Waals surface area contributed by atoms with E-state index in [0.717, 1.165) is 5.56 Å². The second-order valence-electron chi connectivity index (χ2n) is 5.22. The summed E-state index contributed by atoms with van der Waals surface area (Å²) >= 11 is 0. The molecule has 0 saturated carbocycles. The van der Waals surface area contributed by atoms with E-state index in [0.29, 0.717) is 12.3 Å². The predicted molar refractivity (Wildman–Crippen MR) is 80.1 cm³/mol. The SMILES string of the molecule is COC(=O)C(C)CN(C)C(=O)C(C)Oc1ccc(C)cc1. The van der Waals surface area contributed by atoms with Crippen LogP contribution in [0.5, 0.6) is 5.75 Å². The number of methoxy groups -OCH3 is 1. The lowest BCUT2D eigenvalue weighted by Crippen LogP contribution is -2.41. The van der Waals surface area contributed by atoms with Crippen LogP contribution in [0.2, 0.25) is 0 Å². The van der Waals surface area contributed by atoms with Gasteiger partial charge in [-0.05, 0) is 26.0 Å². The van der Waals surface area contributed by atoms with E-state index >= 15 is 0 Å². The summed E-state index contributed by atoms with van der Waals surface area (Å²) < 4.78 is 10.3. The lowest BCUT2D eigenvalue weighted by molar-refractivity contribution is -0.147. The number of hydrogen-bond acceptors (Lipinski definition) is 4. The maximum absolute atomic E-state index is 12.2. The Bertz CT molecular complexity index is 484. The normalized spacial score (nSPS) is 13.2. The summed E-state index contributed by atoms with van der Waals surface area (Å²) in [4.78, 5) is 25.1. The predicted octanol–water partition coefficient (Wildman–Crippen LogP) is 2.03. The number of benzene rings is 1. The van der Waals surface area contributed by atoms with Crippen LogP contribution in [0, 0.1) is 12.8 Å². The highest BCUT2D eigenvalue weighted by Gasteiger charge is 2.23. The molecule has 0 radical (unpaired) electrons. The molecular weight excluding hydrogens is 270 g/mol. The Kier molecular flexibility index (Phi) is 6.21. The van der Waals surface area contributed by atoms with Gasteiger partial charge in [0.15, 0.2) is 6.10 Å². The number of carbonyl (C=O) groups excluding carboxylic acids is 2. The molecule has 0 aromatic heterocycles. The van der Waals surface area contributed by atoms with Crippen molar-refractivity contribution < 1.29 is 19.1 Å². The summed E-state index contributed by atoms with van der Waals surface area (Å²) in [7, 11) is 2.99. The number of aryl methyl sites for hydroxylation is 1. The monoisotopic (exact) mass is 293 g/mol. The van der Waals surface area contributed by atoms with E-state index in [4.69, 9.17) is 4.74 Å². The summed E-state index contributed by atoms with van der Waals surface area (Å²) in [5.74, 6) is -0.223. The fraction of sp³-hybridized carbons (Fsp3) is 0.500. The van der Waals surface area contributed by atoms with Gasteiger partial charge in [-0.15, -0.1) is 0 Å². The van der Waals surface area contributed by atoms with Gasteiger partial charge in [0.25, 0.3) is 5.91 Å². The zero-order valence-corrected chi connectivity index (χ0v) is 13.3. The molecule has 21 heavy (non-hydrogen) atoms. The van der Waals surface area contributed by atoms with Gasteiger partial charge in [-0.25, -0.2) is 0 Å². The van der Waals surface area contributed by atoms with Crippen LogP contribution < -0.4 is 4.74 Å². The van der Waals surface area contributed by atoms with Gasteiger partial charge >= 0.3 is 5.97 Å². The minimum absolute atomic E-state index is 0.175. The minimum atomic E-state index is -0.609. The molecule has 116 valence electrons. The first-order chi connectivity index (χ1) is 9.85. The quantitative estimate of drug-likeness (QED) is 0.753. The third-order valence-corrected chi connectivity index (χ3v) is 3.21. The third kappa shape index (κ3) is 5.10. The molecule has 1 aromatic rings. The number of likely N-dealkylation sites (N-methyl/N-ethyl adjacent to an activating group) is 1. The molecule has 0 spiro atoms. The molecule has 1 amide bonds. The van der Waals surface area contributed by atoms with Crippen molar-refractivity contribution in [1.29, 1.82) is 0 Å². The number of rotatable bonds is 6. The van der Waals surface area contributed by atoms with Crippen LogP contribution in [0.25, 0.3) is 0 Å². The zero-order chi connectivity index (χ0) is 16.0. The van der Waals surface area contributed by atoms with Gasteiger partial charge in [0.1, 0.15) is 5.75 Å². The largest absolute Gasteiger partial charge is 0.481 e. The second kappa shape index (κ2) is 7.67. The van der Waals surface area contributed by atoms with Gasteiger partial charge in [0, 0.05) is 13.6 Å². The van der Waals surface area contributed by atoms with Crippen LogP contribution in [0.15, 0.2) is 24.3 Å². The Hall–Kier alpha value is -2.04. The van der Waals surface area contributed by atoms with Crippen molar-refractivity contribution in [1.82, 2.24) is 4.90 Å². The average molecular weight is 293 g/mol. The van der Waals surface area contributed by atoms with Crippen LogP contribution >= 0.6 is 0 Å². The van der Waals surface area contributed by atoms with Gasteiger partial charge in [0.2, 0.25) is 0 Å². The molecule has 0 aliphatic heterocycles. The van der Waals surface area contributed by atoms with Crippen LogP contribution in [0.1, 0.15) is 19.4 Å². The number of esters is 1. The van der Waals surface area contributed by atoms with Gasteiger partial charge < -0.3 is 14.4 Å². The Labute approximate surface area is 125 Å². The first-order valence-corrected chi connectivity index (χ1v) is 6.91. The molecule has 0 N–H and O–H groups in total. The highest BCUT2D eigenvalue weighted by molar-refractivity contribution is 5.81. The molecule has 0 fully saturated rings. The second-order valence-corrected chi connectivity index (χ2v) is 5.22. The van der Waals surface area contributed by atoms with Crippen molar-refractivity contribution in [2.75, 3.05) is 20.7 Å². The Balaban J connectivity index is 2.56. The highest BCUT2D eigenvalue weighted by atomic mass is 16.5. The van der Waals surface area contributed by atoms with E-state index in [2.05, 4.69) is 4.74 Å². The molecule has 5 heteroatoms. The maximum atomic E-state index is 12.2. The molecule has 0 aliphatic carbocycles. The standard InChI is InChI=1S/C16H23NO4/c1-11-6-8-14(9-7-11)21-13(3)15(18)17(4)10-12(2)16(19)20-5/h6-9,12-13H,10H2,1-5H3. The summed E-state index contributed by atoms with van der Waals surface area (Å²) in [5.41, 5.74) is 1.13. The Morgan fingerprint density at radius 1 is 1.19 bits per heavy atom. The molecular formula is C16H23NO4. The van der Waals surface area contributed by atoms with Crippen LogP contribution in [0.4, 0.5) is 0 Å². The van der Waals surface area contributed by atoms with E-state index in [1.807, 2.05) is 31.2 Å². The van der Waals surface area contributed by atoms with E-state index in [9.17, 15) is 9.59 Å². The average Bonchev–Trinajstić information content (AvgIpc) is 2.47. The number of carbonyl (C=O) groups is 2. The van der Waals surface area contributed by atoms with Gasteiger partial charge in [-0.1, -0.05) is 24.6 Å². The number of hydrogen-bond donors (Lipinski definition) is 0. The fourth-order valence-electron chi connectivity index (χ4n) is 1.96. The number of amides is 1. The van der Waals surface area contributed by atoms with Crippen molar-refractivity contribution in [3.63, 3.8) is 0 Å². The van der Waals surface area contributed by atoms with Gasteiger partial charge in [-0.2, -0.15) is 0 Å². The van der Waals surface area contributed by atoms with Crippen LogP contribution in [0.3, 0.4) is 0 Å². The van der Waals surface area contributed by atoms with Crippen molar-refractivity contribution in [3.05, 3.63) is 29.8 Å².